The molecule has 78 valence electrons. The van der Waals surface area contributed by atoms with Gasteiger partial charge in [0, 0.05) is 18.0 Å². The minimum absolute atomic E-state index is 0.0204. The topological polar surface area (TPSA) is 34.9 Å². The number of hydrogen-bond donors (Lipinski definition) is 0. The second-order valence-electron chi connectivity index (χ2n) is 3.50. The molecule has 3 nitrogen and oxygen atoms in total. The van der Waals surface area contributed by atoms with Crippen molar-refractivity contribution in [1.82, 2.24) is 9.78 Å². The molecule has 1 heterocycles. The van der Waals surface area contributed by atoms with Crippen LogP contribution in [0.1, 0.15) is 15.9 Å². The molecule has 0 spiro atoms. The van der Waals surface area contributed by atoms with E-state index in [9.17, 15) is 4.79 Å². The fraction of sp³-hybridized carbons (Fsp3) is 0.273. The van der Waals surface area contributed by atoms with Crippen molar-refractivity contribution in [2.75, 3.05) is 5.88 Å². The van der Waals surface area contributed by atoms with Crippen LogP contribution in [-0.4, -0.2) is 21.4 Å². The average molecular weight is 223 g/mol. The third-order valence-electron chi connectivity index (χ3n) is 2.62. The molecule has 0 aliphatic heterocycles. The zero-order valence-electron chi connectivity index (χ0n) is 8.62. The van der Waals surface area contributed by atoms with E-state index in [1.807, 2.05) is 26.1 Å². The third kappa shape index (κ3) is 1.53. The number of alkyl halides is 1. The lowest BCUT2D eigenvalue weighted by Crippen LogP contribution is -2.03. The van der Waals surface area contributed by atoms with Crippen molar-refractivity contribution >= 4 is 28.3 Å². The summed E-state index contributed by atoms with van der Waals surface area (Å²) >= 11 is 5.54. The number of benzene rings is 1. The van der Waals surface area contributed by atoms with Gasteiger partial charge in [-0.05, 0) is 24.6 Å². The summed E-state index contributed by atoms with van der Waals surface area (Å²) in [5.41, 5.74) is 2.66. The number of Topliss-reactive ketones (excluding diaryl/α,β-unsaturated/α-hetero) is 1. The molecule has 0 saturated heterocycles. The molecule has 0 unspecified atom stereocenters. The van der Waals surface area contributed by atoms with Gasteiger partial charge in [-0.25, -0.2) is 0 Å². The van der Waals surface area contributed by atoms with Crippen molar-refractivity contribution in [3.8, 4) is 0 Å². The van der Waals surface area contributed by atoms with Gasteiger partial charge in [0.25, 0.3) is 0 Å². The fourth-order valence-electron chi connectivity index (χ4n) is 1.74. The molecule has 0 fully saturated rings. The maximum Gasteiger partial charge on any atom is 0.177 e. The Balaban J connectivity index is 2.71. The Kier molecular flexibility index (Phi) is 2.49. The van der Waals surface area contributed by atoms with E-state index in [1.54, 1.807) is 10.9 Å². The average Bonchev–Trinajstić information content (AvgIpc) is 2.61. The Bertz CT molecular complexity index is 531. The standard InChI is InChI=1S/C11H11ClN2O/c1-7-8(11(15)5-12)3-4-10-9(7)6-13-14(10)2/h3-4,6H,5H2,1-2H3. The van der Waals surface area contributed by atoms with E-state index in [0.717, 1.165) is 16.5 Å². The number of hydrogen-bond acceptors (Lipinski definition) is 2. The van der Waals surface area contributed by atoms with Crippen molar-refractivity contribution in [3.05, 3.63) is 29.5 Å². The third-order valence-corrected chi connectivity index (χ3v) is 2.87. The zero-order chi connectivity index (χ0) is 11.0. The van der Waals surface area contributed by atoms with Gasteiger partial charge in [-0.15, -0.1) is 11.6 Å². The SMILES string of the molecule is Cc1c(C(=O)CCl)ccc2c1cnn2C. The predicted molar refractivity (Wildman–Crippen MR) is 60.5 cm³/mol. The summed E-state index contributed by atoms with van der Waals surface area (Å²) in [6.45, 7) is 1.92. The molecule has 1 aromatic carbocycles. The van der Waals surface area contributed by atoms with Crippen LogP contribution in [0, 0.1) is 6.92 Å². The fourth-order valence-corrected chi connectivity index (χ4v) is 1.88. The molecule has 0 N–H and O–H groups in total. The van der Waals surface area contributed by atoms with Crippen molar-refractivity contribution in [2.24, 2.45) is 7.05 Å². The summed E-state index contributed by atoms with van der Waals surface area (Å²) in [7, 11) is 1.88. The Morgan fingerprint density at radius 1 is 1.53 bits per heavy atom. The lowest BCUT2D eigenvalue weighted by atomic mass is 10.0. The molecule has 0 atom stereocenters. The number of fused-ring (bicyclic) bond motifs is 1. The zero-order valence-corrected chi connectivity index (χ0v) is 9.38. The Morgan fingerprint density at radius 3 is 2.93 bits per heavy atom. The maximum atomic E-state index is 11.5. The van der Waals surface area contributed by atoms with Gasteiger partial charge in [0.15, 0.2) is 5.78 Å². The normalized spacial score (nSPS) is 10.9. The molecule has 2 rings (SSSR count). The highest BCUT2D eigenvalue weighted by Gasteiger charge is 2.11. The number of aryl methyl sites for hydroxylation is 2. The number of nitrogens with zero attached hydrogens (tertiary/aromatic N) is 2. The first-order valence-electron chi connectivity index (χ1n) is 4.65. The highest BCUT2D eigenvalue weighted by Crippen LogP contribution is 2.21. The largest absolute Gasteiger partial charge is 0.293 e. The number of ketones is 1. The lowest BCUT2D eigenvalue weighted by Gasteiger charge is -2.04. The number of carbonyl (C=O) groups is 1. The molecular formula is C11H11ClN2O. The minimum atomic E-state index is -0.0417. The first kappa shape index (κ1) is 10.2. The van der Waals surface area contributed by atoms with Gasteiger partial charge in [-0.2, -0.15) is 5.10 Å². The van der Waals surface area contributed by atoms with Crippen LogP contribution >= 0.6 is 11.6 Å². The van der Waals surface area contributed by atoms with Gasteiger partial charge in [0.05, 0.1) is 17.6 Å². The summed E-state index contributed by atoms with van der Waals surface area (Å²) in [6.07, 6.45) is 1.77. The van der Waals surface area contributed by atoms with E-state index in [2.05, 4.69) is 5.10 Å². The monoisotopic (exact) mass is 222 g/mol. The van der Waals surface area contributed by atoms with Crippen molar-refractivity contribution in [2.45, 2.75) is 6.92 Å². The molecule has 0 radical (unpaired) electrons. The first-order valence-corrected chi connectivity index (χ1v) is 5.19. The smallest absolute Gasteiger partial charge is 0.177 e. The van der Waals surface area contributed by atoms with Crippen LogP contribution in [-0.2, 0) is 7.05 Å². The van der Waals surface area contributed by atoms with Gasteiger partial charge in [0.1, 0.15) is 0 Å². The van der Waals surface area contributed by atoms with Crippen molar-refractivity contribution in [3.63, 3.8) is 0 Å². The maximum absolute atomic E-state index is 11.5. The molecule has 1 aromatic heterocycles. The van der Waals surface area contributed by atoms with Gasteiger partial charge < -0.3 is 0 Å². The Morgan fingerprint density at radius 2 is 2.27 bits per heavy atom. The molecule has 0 saturated carbocycles. The van der Waals surface area contributed by atoms with Crippen LogP contribution in [0.3, 0.4) is 0 Å². The van der Waals surface area contributed by atoms with Gasteiger partial charge in [-0.3, -0.25) is 9.48 Å². The highest BCUT2D eigenvalue weighted by molar-refractivity contribution is 6.30. The highest BCUT2D eigenvalue weighted by atomic mass is 35.5. The van der Waals surface area contributed by atoms with Crippen LogP contribution in [0.2, 0.25) is 0 Å². The quantitative estimate of drug-likeness (QED) is 0.577. The van der Waals surface area contributed by atoms with E-state index < -0.39 is 0 Å². The van der Waals surface area contributed by atoms with E-state index >= 15 is 0 Å². The van der Waals surface area contributed by atoms with E-state index in [4.69, 9.17) is 11.6 Å². The lowest BCUT2D eigenvalue weighted by molar-refractivity contribution is 0.102. The number of carbonyl (C=O) groups excluding carboxylic acids is 1. The molecule has 15 heavy (non-hydrogen) atoms. The van der Waals surface area contributed by atoms with Crippen LogP contribution < -0.4 is 0 Å². The summed E-state index contributed by atoms with van der Waals surface area (Å²) in [5, 5.41) is 5.16. The van der Waals surface area contributed by atoms with Gasteiger partial charge in [-0.1, -0.05) is 0 Å². The van der Waals surface area contributed by atoms with Gasteiger partial charge in [0.2, 0.25) is 0 Å². The summed E-state index contributed by atoms with van der Waals surface area (Å²) < 4.78 is 1.79. The number of halogens is 1. The summed E-state index contributed by atoms with van der Waals surface area (Å²) in [4.78, 5) is 11.5. The molecule has 0 aliphatic carbocycles. The van der Waals surface area contributed by atoms with E-state index in [0.29, 0.717) is 5.56 Å². The molecular weight excluding hydrogens is 212 g/mol. The van der Waals surface area contributed by atoms with Gasteiger partial charge >= 0.3 is 0 Å². The van der Waals surface area contributed by atoms with Crippen LogP contribution in [0.15, 0.2) is 18.3 Å². The summed E-state index contributed by atoms with van der Waals surface area (Å²) in [6, 6.07) is 3.71. The Hall–Kier alpha value is -1.35. The van der Waals surface area contributed by atoms with Crippen molar-refractivity contribution < 1.29 is 4.79 Å². The number of aromatic nitrogens is 2. The molecule has 2 aromatic rings. The molecule has 0 bridgehead atoms. The van der Waals surface area contributed by atoms with Crippen LogP contribution in [0.25, 0.3) is 10.9 Å². The van der Waals surface area contributed by atoms with Crippen LogP contribution in [0.4, 0.5) is 0 Å². The number of rotatable bonds is 2. The first-order chi connectivity index (χ1) is 7.15. The van der Waals surface area contributed by atoms with E-state index in [1.165, 1.54) is 0 Å². The second-order valence-corrected chi connectivity index (χ2v) is 3.76. The summed E-state index contributed by atoms with van der Waals surface area (Å²) in [5.74, 6) is -0.0213. The molecule has 4 heteroatoms. The predicted octanol–water partition coefficient (Wildman–Crippen LogP) is 2.30. The second kappa shape index (κ2) is 3.66. The minimum Gasteiger partial charge on any atom is -0.293 e. The van der Waals surface area contributed by atoms with Crippen molar-refractivity contribution in [1.29, 1.82) is 0 Å². The van der Waals surface area contributed by atoms with Crippen LogP contribution in [0.5, 0.6) is 0 Å². The molecule has 0 amide bonds. The van der Waals surface area contributed by atoms with E-state index in [-0.39, 0.29) is 11.7 Å². The Labute approximate surface area is 92.6 Å². The molecule has 0 aliphatic rings.